The molecule has 1 aromatic carbocycles. The summed E-state index contributed by atoms with van der Waals surface area (Å²) in [5.74, 6) is 0.666. The van der Waals surface area contributed by atoms with Crippen molar-refractivity contribution in [2.45, 2.75) is 6.04 Å². The molecule has 0 aliphatic heterocycles. The van der Waals surface area contributed by atoms with E-state index in [4.69, 9.17) is 21.8 Å². The highest BCUT2D eigenvalue weighted by Gasteiger charge is 2.17. The van der Waals surface area contributed by atoms with Crippen LogP contribution in [0.1, 0.15) is 16.7 Å². The van der Waals surface area contributed by atoms with Crippen molar-refractivity contribution < 1.29 is 4.42 Å². The summed E-state index contributed by atoms with van der Waals surface area (Å²) in [5.41, 5.74) is 6.73. The average Bonchev–Trinajstić information content (AvgIpc) is 2.98. The van der Waals surface area contributed by atoms with Gasteiger partial charge in [-0.15, -0.1) is 5.10 Å². The minimum atomic E-state index is -0.349. The summed E-state index contributed by atoms with van der Waals surface area (Å²) in [5, 5.41) is 5.29. The normalized spacial score (nSPS) is 13.1. The summed E-state index contributed by atoms with van der Waals surface area (Å²) in [6.45, 7) is 0. The van der Waals surface area contributed by atoms with Crippen molar-refractivity contribution in [3.8, 4) is 0 Å². The number of para-hydroxylation sites is 1. The molecule has 2 aromatic heterocycles. The summed E-state index contributed by atoms with van der Waals surface area (Å²) in [7, 11) is 0. The van der Waals surface area contributed by atoms with E-state index in [1.807, 2.05) is 18.2 Å². The largest absolute Gasteiger partial charge is 0.457 e. The van der Waals surface area contributed by atoms with Gasteiger partial charge in [-0.3, -0.25) is 0 Å². The molecule has 0 bridgehead atoms. The second-order valence-electron chi connectivity index (χ2n) is 3.60. The van der Waals surface area contributed by atoms with Gasteiger partial charge in [0.15, 0.2) is 5.58 Å². The van der Waals surface area contributed by atoms with E-state index >= 15 is 0 Å². The van der Waals surface area contributed by atoms with Gasteiger partial charge in [-0.1, -0.05) is 28.2 Å². The maximum atomic E-state index is 6.07. The number of nitrogens with zero attached hydrogens (tertiary/aromatic N) is 2. The molecule has 0 radical (unpaired) electrons. The molecule has 86 valence electrons. The summed E-state index contributed by atoms with van der Waals surface area (Å²) >= 11 is 7.30. The predicted molar refractivity (Wildman–Crippen MR) is 67.2 cm³/mol. The molecule has 1 unspecified atom stereocenters. The Morgan fingerprint density at radius 3 is 3.00 bits per heavy atom. The van der Waals surface area contributed by atoms with Crippen LogP contribution in [0.25, 0.3) is 11.0 Å². The van der Waals surface area contributed by atoms with Crippen molar-refractivity contribution in [1.82, 2.24) is 9.59 Å². The number of benzene rings is 1. The first kappa shape index (κ1) is 10.7. The Balaban J connectivity index is 2.10. The van der Waals surface area contributed by atoms with Gasteiger partial charge in [0.25, 0.3) is 0 Å². The monoisotopic (exact) mass is 265 g/mol. The highest BCUT2D eigenvalue weighted by molar-refractivity contribution is 7.05. The highest BCUT2D eigenvalue weighted by Crippen LogP contribution is 2.31. The Labute approximate surface area is 106 Å². The van der Waals surface area contributed by atoms with E-state index < -0.39 is 0 Å². The fourth-order valence-corrected chi connectivity index (χ4v) is 2.39. The van der Waals surface area contributed by atoms with Crippen LogP contribution < -0.4 is 5.73 Å². The first-order valence-electron chi connectivity index (χ1n) is 4.96. The molecule has 3 rings (SSSR count). The van der Waals surface area contributed by atoms with Crippen molar-refractivity contribution in [3.63, 3.8) is 0 Å². The summed E-state index contributed by atoms with van der Waals surface area (Å²) in [6.07, 6.45) is 1.64. The van der Waals surface area contributed by atoms with Crippen molar-refractivity contribution >= 4 is 34.1 Å². The second-order valence-corrected chi connectivity index (χ2v) is 4.83. The Morgan fingerprint density at radius 1 is 1.41 bits per heavy atom. The van der Waals surface area contributed by atoms with Crippen LogP contribution in [0.15, 0.2) is 34.9 Å². The third kappa shape index (κ3) is 1.82. The van der Waals surface area contributed by atoms with Gasteiger partial charge in [0.05, 0.1) is 16.1 Å². The molecule has 6 heteroatoms. The number of rotatable bonds is 2. The zero-order chi connectivity index (χ0) is 11.8. The van der Waals surface area contributed by atoms with Gasteiger partial charge in [0, 0.05) is 5.39 Å². The summed E-state index contributed by atoms with van der Waals surface area (Å²) in [4.78, 5) is 0.861. The van der Waals surface area contributed by atoms with Crippen LogP contribution in [0.5, 0.6) is 0 Å². The number of halogens is 1. The molecule has 2 heterocycles. The zero-order valence-corrected chi connectivity index (χ0v) is 10.2. The molecular formula is C11H8ClN3OS. The van der Waals surface area contributed by atoms with Crippen molar-refractivity contribution in [2.75, 3.05) is 0 Å². The van der Waals surface area contributed by atoms with Crippen LogP contribution >= 0.6 is 23.1 Å². The first-order chi connectivity index (χ1) is 8.25. The van der Waals surface area contributed by atoms with Crippen LogP contribution in [0.3, 0.4) is 0 Å². The van der Waals surface area contributed by atoms with E-state index in [1.165, 1.54) is 11.5 Å². The molecule has 0 amide bonds. The van der Waals surface area contributed by atoms with Crippen molar-refractivity contribution in [3.05, 3.63) is 46.1 Å². The van der Waals surface area contributed by atoms with Gasteiger partial charge < -0.3 is 10.2 Å². The van der Waals surface area contributed by atoms with Gasteiger partial charge in [0.1, 0.15) is 11.8 Å². The van der Waals surface area contributed by atoms with E-state index in [2.05, 4.69) is 9.59 Å². The summed E-state index contributed by atoms with van der Waals surface area (Å²) < 4.78 is 9.46. The van der Waals surface area contributed by atoms with Gasteiger partial charge in [-0.25, -0.2) is 0 Å². The fourth-order valence-electron chi connectivity index (χ4n) is 1.65. The highest BCUT2D eigenvalue weighted by atomic mass is 35.5. The molecule has 2 N–H and O–H groups in total. The topological polar surface area (TPSA) is 64.9 Å². The zero-order valence-electron chi connectivity index (χ0n) is 8.63. The maximum absolute atomic E-state index is 6.07. The number of aromatic nitrogens is 2. The van der Waals surface area contributed by atoms with Crippen LogP contribution in [-0.4, -0.2) is 9.59 Å². The van der Waals surface area contributed by atoms with E-state index in [0.29, 0.717) is 16.4 Å². The second kappa shape index (κ2) is 4.10. The summed E-state index contributed by atoms with van der Waals surface area (Å²) in [6, 6.07) is 7.15. The molecule has 0 saturated carbocycles. The molecular weight excluding hydrogens is 258 g/mol. The lowest BCUT2D eigenvalue weighted by atomic mass is 10.2. The quantitative estimate of drug-likeness (QED) is 0.774. The minimum absolute atomic E-state index is 0.349. The lowest BCUT2D eigenvalue weighted by molar-refractivity contribution is 0.527. The van der Waals surface area contributed by atoms with E-state index in [1.54, 1.807) is 12.3 Å². The Morgan fingerprint density at radius 2 is 2.29 bits per heavy atom. The maximum Gasteiger partial charge on any atom is 0.152 e. The van der Waals surface area contributed by atoms with E-state index in [-0.39, 0.29) is 6.04 Å². The molecule has 1 atom stereocenters. The molecule has 0 fully saturated rings. The van der Waals surface area contributed by atoms with Crippen molar-refractivity contribution in [2.24, 2.45) is 5.73 Å². The molecule has 17 heavy (non-hydrogen) atoms. The molecule has 0 saturated heterocycles. The number of hydrogen-bond donors (Lipinski definition) is 1. The van der Waals surface area contributed by atoms with Gasteiger partial charge >= 0.3 is 0 Å². The molecule has 0 aliphatic carbocycles. The van der Waals surface area contributed by atoms with Crippen LogP contribution in [0.4, 0.5) is 0 Å². The molecule has 0 aliphatic rings. The number of fused-ring (bicyclic) bond motifs is 1. The SMILES string of the molecule is NC(c1cc2cccc(Cl)c2o1)c1cnns1. The molecule has 3 aromatic rings. The van der Waals surface area contributed by atoms with E-state index in [0.717, 1.165) is 10.3 Å². The number of nitrogens with two attached hydrogens (primary N) is 1. The van der Waals surface area contributed by atoms with Crippen molar-refractivity contribution in [1.29, 1.82) is 0 Å². The lowest BCUT2D eigenvalue weighted by Gasteiger charge is -2.02. The van der Waals surface area contributed by atoms with E-state index in [9.17, 15) is 0 Å². The average molecular weight is 266 g/mol. The standard InChI is InChI=1S/C11H8ClN3OS/c12-7-3-1-2-6-4-8(16-11(6)7)10(13)9-5-14-15-17-9/h1-5,10H,13H2. The van der Waals surface area contributed by atoms with Gasteiger partial charge in [0.2, 0.25) is 0 Å². The number of hydrogen-bond acceptors (Lipinski definition) is 5. The van der Waals surface area contributed by atoms with Crippen LogP contribution in [-0.2, 0) is 0 Å². The Bertz CT molecular complexity index is 650. The van der Waals surface area contributed by atoms with Crippen LogP contribution in [0, 0.1) is 0 Å². The Hall–Kier alpha value is -1.43. The minimum Gasteiger partial charge on any atom is -0.457 e. The fraction of sp³-hybridized carbons (Fsp3) is 0.0909. The molecule has 4 nitrogen and oxygen atoms in total. The third-order valence-corrected chi connectivity index (χ3v) is 3.55. The number of furan rings is 1. The van der Waals surface area contributed by atoms with Gasteiger partial charge in [-0.2, -0.15) is 0 Å². The smallest absolute Gasteiger partial charge is 0.152 e. The lowest BCUT2D eigenvalue weighted by Crippen LogP contribution is -2.08. The predicted octanol–water partition coefficient (Wildman–Crippen LogP) is 2.99. The van der Waals surface area contributed by atoms with Crippen LogP contribution in [0.2, 0.25) is 5.02 Å². The first-order valence-corrected chi connectivity index (χ1v) is 6.11. The Kier molecular flexibility index (Phi) is 2.58. The van der Waals surface area contributed by atoms with Gasteiger partial charge in [-0.05, 0) is 23.7 Å². The third-order valence-electron chi connectivity index (χ3n) is 2.51. The molecule has 0 spiro atoms.